The number of nitrogens with one attached hydrogen (secondary N) is 3. The summed E-state index contributed by atoms with van der Waals surface area (Å²) in [5.74, 6) is 0.540. The van der Waals surface area contributed by atoms with Crippen LogP contribution in [-0.4, -0.2) is 28.3 Å². The van der Waals surface area contributed by atoms with Crippen molar-refractivity contribution in [3.05, 3.63) is 84.1 Å². The molecular formula is C21H18N4O3. The van der Waals surface area contributed by atoms with Gasteiger partial charge in [0.2, 0.25) is 0 Å². The number of imidazole rings is 1. The first kappa shape index (κ1) is 17.5. The molecule has 140 valence electrons. The van der Waals surface area contributed by atoms with Crippen LogP contribution in [0.4, 0.5) is 5.69 Å². The zero-order valence-electron chi connectivity index (χ0n) is 14.9. The molecule has 0 aliphatic carbocycles. The van der Waals surface area contributed by atoms with E-state index in [4.69, 9.17) is 4.42 Å². The second-order valence-corrected chi connectivity index (χ2v) is 6.22. The Balaban J connectivity index is 1.30. The molecule has 7 nitrogen and oxygen atoms in total. The number of rotatable bonds is 6. The molecule has 4 rings (SSSR count). The lowest BCUT2D eigenvalue weighted by atomic mass is 10.2. The topological polar surface area (TPSA) is 100 Å². The van der Waals surface area contributed by atoms with Gasteiger partial charge < -0.3 is 20.0 Å². The van der Waals surface area contributed by atoms with Crippen molar-refractivity contribution in [2.45, 2.75) is 6.42 Å². The van der Waals surface area contributed by atoms with E-state index in [2.05, 4.69) is 20.6 Å². The number of carbonyl (C=O) groups is 2. The van der Waals surface area contributed by atoms with Crippen molar-refractivity contribution in [1.82, 2.24) is 15.3 Å². The number of furan rings is 1. The van der Waals surface area contributed by atoms with E-state index in [-0.39, 0.29) is 17.6 Å². The Labute approximate surface area is 160 Å². The number of aromatic amines is 1. The number of para-hydroxylation sites is 2. The highest BCUT2D eigenvalue weighted by Crippen LogP contribution is 2.12. The highest BCUT2D eigenvalue weighted by atomic mass is 16.3. The first-order chi connectivity index (χ1) is 13.7. The van der Waals surface area contributed by atoms with Crippen molar-refractivity contribution >= 4 is 28.5 Å². The van der Waals surface area contributed by atoms with Crippen LogP contribution in [0.5, 0.6) is 0 Å². The Morgan fingerprint density at radius 2 is 1.79 bits per heavy atom. The van der Waals surface area contributed by atoms with Gasteiger partial charge in [0, 0.05) is 24.2 Å². The Morgan fingerprint density at radius 1 is 0.964 bits per heavy atom. The third-order valence-corrected chi connectivity index (χ3v) is 4.24. The van der Waals surface area contributed by atoms with Crippen molar-refractivity contribution in [2.24, 2.45) is 0 Å². The normalized spacial score (nSPS) is 10.7. The number of hydrogen-bond acceptors (Lipinski definition) is 4. The van der Waals surface area contributed by atoms with Gasteiger partial charge in [-0.05, 0) is 48.5 Å². The Hall–Kier alpha value is -3.87. The SMILES string of the molecule is O=C(NCCc1nc2ccccc2[nH]1)c1ccc(NC(=O)c2ccco2)cc1. The van der Waals surface area contributed by atoms with E-state index in [1.165, 1.54) is 6.26 Å². The van der Waals surface area contributed by atoms with E-state index in [9.17, 15) is 9.59 Å². The number of anilines is 1. The van der Waals surface area contributed by atoms with E-state index in [1.807, 2.05) is 24.3 Å². The molecule has 0 radical (unpaired) electrons. The van der Waals surface area contributed by atoms with Crippen LogP contribution < -0.4 is 10.6 Å². The van der Waals surface area contributed by atoms with Crippen LogP contribution >= 0.6 is 0 Å². The Bertz CT molecular complexity index is 1070. The molecule has 0 saturated carbocycles. The average Bonchev–Trinajstić information content (AvgIpc) is 3.38. The third-order valence-electron chi connectivity index (χ3n) is 4.24. The summed E-state index contributed by atoms with van der Waals surface area (Å²) >= 11 is 0. The third kappa shape index (κ3) is 3.93. The van der Waals surface area contributed by atoms with Crippen LogP contribution in [-0.2, 0) is 6.42 Å². The van der Waals surface area contributed by atoms with Crippen molar-refractivity contribution in [2.75, 3.05) is 11.9 Å². The summed E-state index contributed by atoms with van der Waals surface area (Å²) in [7, 11) is 0. The van der Waals surface area contributed by atoms with Gasteiger partial charge in [-0.3, -0.25) is 9.59 Å². The van der Waals surface area contributed by atoms with Crippen molar-refractivity contribution < 1.29 is 14.0 Å². The monoisotopic (exact) mass is 374 g/mol. The number of amides is 2. The zero-order valence-corrected chi connectivity index (χ0v) is 14.9. The van der Waals surface area contributed by atoms with E-state index < -0.39 is 0 Å². The number of nitrogens with zero attached hydrogens (tertiary/aromatic N) is 1. The fraction of sp³-hybridized carbons (Fsp3) is 0.0952. The molecule has 0 spiro atoms. The number of benzene rings is 2. The smallest absolute Gasteiger partial charge is 0.291 e. The van der Waals surface area contributed by atoms with Crippen molar-refractivity contribution in [3.63, 3.8) is 0 Å². The summed E-state index contributed by atoms with van der Waals surface area (Å²) in [4.78, 5) is 31.9. The Morgan fingerprint density at radius 3 is 2.54 bits per heavy atom. The molecule has 2 heterocycles. The zero-order chi connectivity index (χ0) is 19.3. The van der Waals surface area contributed by atoms with E-state index in [1.54, 1.807) is 36.4 Å². The second-order valence-electron chi connectivity index (χ2n) is 6.22. The van der Waals surface area contributed by atoms with Crippen LogP contribution in [0.15, 0.2) is 71.3 Å². The molecule has 0 bridgehead atoms. The molecule has 0 aliphatic heterocycles. The fourth-order valence-electron chi connectivity index (χ4n) is 2.83. The first-order valence-corrected chi connectivity index (χ1v) is 8.86. The minimum Gasteiger partial charge on any atom is -0.459 e. The van der Waals surface area contributed by atoms with E-state index in [0.29, 0.717) is 24.2 Å². The van der Waals surface area contributed by atoms with E-state index in [0.717, 1.165) is 16.9 Å². The molecule has 0 unspecified atom stereocenters. The van der Waals surface area contributed by atoms with Gasteiger partial charge in [-0.25, -0.2) is 4.98 Å². The molecule has 2 aromatic carbocycles. The lowest BCUT2D eigenvalue weighted by Gasteiger charge is -2.06. The molecule has 2 amide bonds. The van der Waals surface area contributed by atoms with Crippen molar-refractivity contribution in [1.29, 1.82) is 0 Å². The standard InChI is InChI=1S/C21H18N4O3/c26-20(22-12-11-19-24-16-4-1-2-5-17(16)25-19)14-7-9-15(10-8-14)23-21(27)18-6-3-13-28-18/h1-10,13H,11-12H2,(H,22,26)(H,23,27)(H,24,25). The van der Waals surface area contributed by atoms with Gasteiger partial charge in [0.15, 0.2) is 5.76 Å². The molecule has 28 heavy (non-hydrogen) atoms. The van der Waals surface area contributed by atoms with Crippen molar-refractivity contribution in [3.8, 4) is 0 Å². The first-order valence-electron chi connectivity index (χ1n) is 8.86. The quantitative estimate of drug-likeness (QED) is 0.482. The lowest BCUT2D eigenvalue weighted by molar-refractivity contribution is 0.0953. The number of H-pyrrole nitrogens is 1. The predicted molar refractivity (Wildman–Crippen MR) is 105 cm³/mol. The maximum Gasteiger partial charge on any atom is 0.291 e. The molecule has 3 N–H and O–H groups in total. The predicted octanol–water partition coefficient (Wildman–Crippen LogP) is 3.38. The summed E-state index contributed by atoms with van der Waals surface area (Å²) < 4.78 is 5.05. The average molecular weight is 374 g/mol. The van der Waals surface area contributed by atoms with Gasteiger partial charge in [-0.1, -0.05) is 12.1 Å². The molecule has 0 saturated heterocycles. The van der Waals surface area contributed by atoms with Gasteiger partial charge in [0.1, 0.15) is 5.82 Å². The minimum atomic E-state index is -0.340. The minimum absolute atomic E-state index is 0.181. The van der Waals surface area contributed by atoms with Gasteiger partial charge in [0.05, 0.1) is 17.3 Å². The number of carbonyl (C=O) groups excluding carboxylic acids is 2. The van der Waals surface area contributed by atoms with Crippen LogP contribution in [0.2, 0.25) is 0 Å². The number of fused-ring (bicyclic) bond motifs is 1. The molecule has 0 atom stereocenters. The molecule has 7 heteroatoms. The van der Waals surface area contributed by atoms with Crippen LogP contribution in [0, 0.1) is 0 Å². The van der Waals surface area contributed by atoms with Gasteiger partial charge in [-0.15, -0.1) is 0 Å². The maximum atomic E-state index is 12.3. The Kier molecular flexibility index (Phi) is 4.88. The second kappa shape index (κ2) is 7.79. The highest BCUT2D eigenvalue weighted by molar-refractivity contribution is 6.02. The lowest BCUT2D eigenvalue weighted by Crippen LogP contribution is -2.25. The van der Waals surface area contributed by atoms with Crippen LogP contribution in [0.25, 0.3) is 11.0 Å². The number of aromatic nitrogens is 2. The van der Waals surface area contributed by atoms with Crippen LogP contribution in [0.1, 0.15) is 26.7 Å². The van der Waals surface area contributed by atoms with Gasteiger partial charge >= 0.3 is 0 Å². The highest BCUT2D eigenvalue weighted by Gasteiger charge is 2.10. The largest absolute Gasteiger partial charge is 0.459 e. The maximum absolute atomic E-state index is 12.3. The molecule has 0 fully saturated rings. The summed E-state index contributed by atoms with van der Waals surface area (Å²) in [6, 6.07) is 17.7. The number of hydrogen-bond donors (Lipinski definition) is 3. The summed E-state index contributed by atoms with van der Waals surface area (Å²) in [5, 5.41) is 5.58. The van der Waals surface area contributed by atoms with Gasteiger partial charge in [-0.2, -0.15) is 0 Å². The van der Waals surface area contributed by atoms with Crippen LogP contribution in [0.3, 0.4) is 0 Å². The molecular weight excluding hydrogens is 356 g/mol. The summed E-state index contributed by atoms with van der Waals surface area (Å²) in [6.07, 6.45) is 2.05. The van der Waals surface area contributed by atoms with E-state index >= 15 is 0 Å². The molecule has 4 aromatic rings. The fourth-order valence-corrected chi connectivity index (χ4v) is 2.83. The summed E-state index contributed by atoms with van der Waals surface area (Å²) in [6.45, 7) is 0.468. The van der Waals surface area contributed by atoms with Gasteiger partial charge in [0.25, 0.3) is 11.8 Å². The molecule has 2 aromatic heterocycles. The molecule has 0 aliphatic rings. The summed E-state index contributed by atoms with van der Waals surface area (Å²) in [5.41, 5.74) is 2.99.